The second kappa shape index (κ2) is 10.5. The van der Waals surface area contributed by atoms with Crippen LogP contribution in [0.4, 0.5) is 16.2 Å². The molecule has 2 rings (SSSR count). The second-order valence-electron chi connectivity index (χ2n) is 5.72. The highest BCUT2D eigenvalue weighted by molar-refractivity contribution is 5.90. The summed E-state index contributed by atoms with van der Waals surface area (Å²) in [4.78, 5) is 22.7. The van der Waals surface area contributed by atoms with Crippen LogP contribution in [0.5, 0.6) is 11.5 Å². The number of benzene rings is 2. The van der Waals surface area contributed by atoms with Crippen LogP contribution in [-0.2, 0) is 0 Å². The summed E-state index contributed by atoms with van der Waals surface area (Å²) >= 11 is 0. The van der Waals surface area contributed by atoms with E-state index in [1.165, 1.54) is 19.4 Å². The molecule has 0 bridgehead atoms. The first-order chi connectivity index (χ1) is 13.5. The topological polar surface area (TPSA) is 115 Å². The molecule has 2 amide bonds. The number of hydrogen-bond acceptors (Lipinski definition) is 6. The van der Waals surface area contributed by atoms with Gasteiger partial charge in [0.1, 0.15) is 0 Å². The number of hydrazone groups is 1. The third-order valence-electron chi connectivity index (χ3n) is 3.63. The Morgan fingerprint density at radius 1 is 1.29 bits per heavy atom. The Kier molecular flexibility index (Phi) is 7.77. The summed E-state index contributed by atoms with van der Waals surface area (Å²) in [6, 6.07) is 11.2. The van der Waals surface area contributed by atoms with Crippen LogP contribution in [0.3, 0.4) is 0 Å². The van der Waals surface area contributed by atoms with E-state index in [0.29, 0.717) is 17.9 Å². The molecule has 148 valence electrons. The molecule has 2 aromatic carbocycles. The van der Waals surface area contributed by atoms with Crippen LogP contribution in [-0.4, -0.2) is 30.9 Å². The lowest BCUT2D eigenvalue weighted by molar-refractivity contribution is -0.386. The van der Waals surface area contributed by atoms with Crippen molar-refractivity contribution in [3.05, 3.63) is 58.1 Å². The number of carbonyl (C=O) groups is 1. The Labute approximate surface area is 162 Å². The molecule has 0 radical (unpaired) electrons. The maximum Gasteiger partial charge on any atom is 0.339 e. The molecule has 28 heavy (non-hydrogen) atoms. The summed E-state index contributed by atoms with van der Waals surface area (Å²) < 4.78 is 10.8. The molecule has 0 aliphatic heterocycles. The van der Waals surface area contributed by atoms with Gasteiger partial charge >= 0.3 is 11.7 Å². The van der Waals surface area contributed by atoms with E-state index in [1.54, 1.807) is 30.3 Å². The number of urea groups is 1. The molecule has 0 saturated carbocycles. The van der Waals surface area contributed by atoms with Crippen LogP contribution in [0.1, 0.15) is 25.3 Å². The lowest BCUT2D eigenvalue weighted by Gasteiger charge is -2.11. The Hall–Kier alpha value is -3.62. The van der Waals surface area contributed by atoms with E-state index in [1.807, 2.05) is 13.0 Å². The Morgan fingerprint density at radius 3 is 2.68 bits per heavy atom. The molecule has 0 aliphatic rings. The van der Waals surface area contributed by atoms with Gasteiger partial charge in [0, 0.05) is 17.3 Å². The van der Waals surface area contributed by atoms with Crippen molar-refractivity contribution in [2.45, 2.75) is 19.8 Å². The van der Waals surface area contributed by atoms with Crippen molar-refractivity contribution in [2.24, 2.45) is 5.10 Å². The number of amides is 2. The quantitative estimate of drug-likeness (QED) is 0.293. The van der Waals surface area contributed by atoms with Gasteiger partial charge in [-0.05, 0) is 24.6 Å². The summed E-state index contributed by atoms with van der Waals surface area (Å²) in [5.74, 6) is 0.299. The standard InChI is InChI=1S/C19H22N4O5/c1-3-4-10-28-18-16(23(25)26)11-14(12-17(18)27-2)13-20-22-19(24)21-15-8-6-5-7-9-15/h5-9,11-13H,3-4,10H2,1-2H3,(H2,21,22,24)/b20-13+. The monoisotopic (exact) mass is 386 g/mol. The molecule has 9 nitrogen and oxygen atoms in total. The minimum absolute atomic E-state index is 0.0767. The summed E-state index contributed by atoms with van der Waals surface area (Å²) in [6.45, 7) is 2.35. The summed E-state index contributed by atoms with van der Waals surface area (Å²) in [7, 11) is 1.40. The van der Waals surface area contributed by atoms with E-state index in [2.05, 4.69) is 15.8 Å². The molecular weight excluding hydrogens is 364 g/mol. The van der Waals surface area contributed by atoms with Gasteiger partial charge in [-0.2, -0.15) is 5.10 Å². The number of nitro groups is 1. The molecule has 0 saturated heterocycles. The fourth-order valence-corrected chi connectivity index (χ4v) is 2.28. The third kappa shape index (κ3) is 5.97. The number of methoxy groups -OCH3 is 1. The van der Waals surface area contributed by atoms with Gasteiger partial charge in [-0.1, -0.05) is 31.5 Å². The number of nitrogens with one attached hydrogen (secondary N) is 2. The Bertz CT molecular complexity index is 840. The number of unbranched alkanes of at least 4 members (excludes halogenated alkanes) is 1. The fourth-order valence-electron chi connectivity index (χ4n) is 2.28. The highest BCUT2D eigenvalue weighted by Crippen LogP contribution is 2.38. The van der Waals surface area contributed by atoms with Gasteiger partial charge in [0.2, 0.25) is 5.75 Å². The van der Waals surface area contributed by atoms with E-state index in [4.69, 9.17) is 9.47 Å². The maximum atomic E-state index is 11.8. The molecule has 2 N–H and O–H groups in total. The zero-order valence-electron chi connectivity index (χ0n) is 15.7. The average Bonchev–Trinajstić information content (AvgIpc) is 2.69. The number of nitro benzene ring substituents is 1. The highest BCUT2D eigenvalue weighted by Gasteiger charge is 2.22. The van der Waals surface area contributed by atoms with Crippen molar-refractivity contribution in [3.63, 3.8) is 0 Å². The van der Waals surface area contributed by atoms with Crippen LogP contribution < -0.4 is 20.2 Å². The van der Waals surface area contributed by atoms with Gasteiger partial charge < -0.3 is 14.8 Å². The number of nitrogens with zero attached hydrogens (tertiary/aromatic N) is 2. The number of hydrogen-bond donors (Lipinski definition) is 2. The minimum atomic E-state index is -0.545. The number of anilines is 1. The van der Waals surface area contributed by atoms with Crippen molar-refractivity contribution in [2.75, 3.05) is 19.0 Å². The van der Waals surface area contributed by atoms with Crippen LogP contribution >= 0.6 is 0 Å². The van der Waals surface area contributed by atoms with Gasteiger partial charge in [-0.25, -0.2) is 10.2 Å². The van der Waals surface area contributed by atoms with Crippen molar-refractivity contribution in [3.8, 4) is 11.5 Å². The first kappa shape index (κ1) is 20.7. The van der Waals surface area contributed by atoms with E-state index >= 15 is 0 Å². The predicted molar refractivity (Wildman–Crippen MR) is 106 cm³/mol. The predicted octanol–water partition coefficient (Wildman–Crippen LogP) is 3.94. The van der Waals surface area contributed by atoms with Crippen LogP contribution in [0.15, 0.2) is 47.6 Å². The lowest BCUT2D eigenvalue weighted by atomic mass is 10.2. The smallest absolute Gasteiger partial charge is 0.339 e. The third-order valence-corrected chi connectivity index (χ3v) is 3.63. The Balaban J connectivity index is 2.11. The van der Waals surface area contributed by atoms with Crippen molar-refractivity contribution >= 4 is 23.6 Å². The average molecular weight is 386 g/mol. The SMILES string of the molecule is CCCCOc1c(OC)cc(/C=N/NC(=O)Nc2ccccc2)cc1[N+](=O)[O-]. The number of rotatable bonds is 9. The molecule has 0 atom stereocenters. The number of para-hydroxylation sites is 1. The van der Waals surface area contributed by atoms with Crippen molar-refractivity contribution in [1.29, 1.82) is 0 Å². The number of ether oxygens (including phenoxy) is 2. The maximum absolute atomic E-state index is 11.8. The second-order valence-corrected chi connectivity index (χ2v) is 5.72. The van der Waals surface area contributed by atoms with E-state index in [-0.39, 0.29) is 17.2 Å². The molecule has 0 heterocycles. The fraction of sp³-hybridized carbons (Fsp3) is 0.263. The summed E-state index contributed by atoms with van der Waals surface area (Å²) in [5, 5.41) is 17.8. The van der Waals surface area contributed by atoms with Crippen LogP contribution in [0, 0.1) is 10.1 Å². The van der Waals surface area contributed by atoms with E-state index in [0.717, 1.165) is 12.8 Å². The largest absolute Gasteiger partial charge is 0.493 e. The molecule has 0 spiro atoms. The van der Waals surface area contributed by atoms with Gasteiger partial charge in [0.15, 0.2) is 5.75 Å². The Morgan fingerprint density at radius 2 is 2.04 bits per heavy atom. The molecule has 2 aromatic rings. The van der Waals surface area contributed by atoms with Crippen molar-refractivity contribution < 1.29 is 19.2 Å². The lowest BCUT2D eigenvalue weighted by Crippen LogP contribution is -2.24. The van der Waals surface area contributed by atoms with E-state index < -0.39 is 11.0 Å². The number of carbonyl (C=O) groups excluding carboxylic acids is 1. The van der Waals surface area contributed by atoms with Gasteiger partial charge in [0.25, 0.3) is 0 Å². The van der Waals surface area contributed by atoms with Crippen LogP contribution in [0.2, 0.25) is 0 Å². The van der Waals surface area contributed by atoms with Crippen molar-refractivity contribution in [1.82, 2.24) is 5.43 Å². The van der Waals surface area contributed by atoms with Gasteiger partial charge in [-0.3, -0.25) is 10.1 Å². The first-order valence-electron chi connectivity index (χ1n) is 8.69. The molecule has 0 aliphatic carbocycles. The molecule has 9 heteroatoms. The molecule has 0 aromatic heterocycles. The van der Waals surface area contributed by atoms with Crippen LogP contribution in [0.25, 0.3) is 0 Å². The van der Waals surface area contributed by atoms with Gasteiger partial charge in [-0.15, -0.1) is 0 Å². The summed E-state index contributed by atoms with van der Waals surface area (Å²) in [5.41, 5.74) is 3.06. The molecule has 0 unspecified atom stereocenters. The first-order valence-corrected chi connectivity index (χ1v) is 8.69. The van der Waals surface area contributed by atoms with Gasteiger partial charge in [0.05, 0.1) is 24.9 Å². The zero-order chi connectivity index (χ0) is 20.4. The molecular formula is C19H22N4O5. The summed E-state index contributed by atoms with van der Waals surface area (Å²) in [6.07, 6.45) is 2.96. The molecule has 0 fully saturated rings. The zero-order valence-corrected chi connectivity index (χ0v) is 15.7. The normalized spacial score (nSPS) is 10.5. The highest BCUT2D eigenvalue weighted by atomic mass is 16.6. The van der Waals surface area contributed by atoms with E-state index in [9.17, 15) is 14.9 Å². The minimum Gasteiger partial charge on any atom is -0.493 e.